The van der Waals surface area contributed by atoms with Crippen molar-refractivity contribution >= 4 is 18.5 Å². The highest BCUT2D eigenvalue weighted by Gasteiger charge is 2.73. The molecule has 55 heavy (non-hydrogen) atoms. The van der Waals surface area contributed by atoms with Gasteiger partial charge < -0.3 is 9.80 Å². The van der Waals surface area contributed by atoms with Gasteiger partial charge in [0, 0.05) is 52.0 Å². The fourth-order valence-electron chi connectivity index (χ4n) is 16.6. The highest BCUT2D eigenvalue weighted by molar-refractivity contribution is 8.00. The lowest BCUT2D eigenvalue weighted by Crippen LogP contribution is -2.68. The quantitative estimate of drug-likeness (QED) is 0.204. The van der Waals surface area contributed by atoms with Crippen LogP contribution in [-0.2, 0) is 0 Å². The second-order valence-electron chi connectivity index (χ2n) is 21.3. The molecule has 296 valence electrons. The van der Waals surface area contributed by atoms with Gasteiger partial charge in [-0.1, -0.05) is 88.3 Å². The van der Waals surface area contributed by atoms with Crippen LogP contribution in [0, 0.1) is 23.2 Å². The average Bonchev–Trinajstić information content (AvgIpc) is 3.70. The molecule has 0 aromatic heterocycles. The molecule has 11 aliphatic rings. The lowest BCUT2D eigenvalue weighted by atomic mass is 9.20. The summed E-state index contributed by atoms with van der Waals surface area (Å²) in [5.74, 6) is 5.01. The Balaban J connectivity index is 1.11. The zero-order valence-corrected chi connectivity index (χ0v) is 35.6. The minimum Gasteiger partial charge on any atom is -0.366 e. The maximum Gasteiger partial charge on any atom is 0.164 e. The summed E-state index contributed by atoms with van der Waals surface area (Å²) >= 11 is 2.42. The van der Waals surface area contributed by atoms with Gasteiger partial charge in [0.25, 0.3) is 0 Å². The molecule has 0 amide bonds. The van der Waals surface area contributed by atoms with Crippen LogP contribution in [0.1, 0.15) is 156 Å². The summed E-state index contributed by atoms with van der Waals surface area (Å²) in [6, 6.07) is 2.57. The highest BCUT2D eigenvalue weighted by atomic mass is 32.2. The standard InChI is InChI=1S/C50H72BN3S/c1-34-29-43-48(55-34)53(39-25-15-7-16-26-39)44-32-40(52(37-21-11-5-12-22-37)38-23-13-6-14-24-38)33-45-46(44)51(43)42-31-36(35-19-9-4-10-20-35)30-41-47(42)54(45)49(2,3)50(41)27-17-8-18-28-50/h4-5,7,9,11,15,21,32-36,38-39,41-44,46-48H,6,8,10,12-14,16-20,22-31H2,1-3H3. The number of allylic oxidation sites excluding steroid dienone is 8. The molecule has 11 unspecified atom stereocenters. The Morgan fingerprint density at radius 3 is 2.35 bits per heavy atom. The Kier molecular flexibility index (Phi) is 9.49. The van der Waals surface area contributed by atoms with Crippen LogP contribution in [0.2, 0.25) is 17.5 Å². The Labute approximate surface area is 340 Å². The molecule has 0 radical (unpaired) electrons. The lowest BCUT2D eigenvalue weighted by molar-refractivity contribution is 0.0158. The summed E-state index contributed by atoms with van der Waals surface area (Å²) in [6.07, 6.45) is 52.5. The molecule has 7 aliphatic carbocycles. The van der Waals surface area contributed by atoms with E-state index in [4.69, 9.17) is 0 Å². The number of rotatable bonds is 5. The molecule has 0 N–H and O–H groups in total. The van der Waals surface area contributed by atoms with Crippen LogP contribution >= 0.6 is 11.8 Å². The van der Waals surface area contributed by atoms with Crippen LogP contribution in [0.15, 0.2) is 71.8 Å². The van der Waals surface area contributed by atoms with Gasteiger partial charge in [0.2, 0.25) is 0 Å². The summed E-state index contributed by atoms with van der Waals surface area (Å²) in [5, 5.41) is 1.45. The highest BCUT2D eigenvalue weighted by Crippen LogP contribution is 2.74. The Morgan fingerprint density at radius 2 is 1.60 bits per heavy atom. The monoisotopic (exact) mass is 758 g/mol. The van der Waals surface area contributed by atoms with Crippen molar-refractivity contribution in [3.63, 3.8) is 0 Å². The van der Waals surface area contributed by atoms with Gasteiger partial charge in [-0.3, -0.25) is 4.90 Å². The van der Waals surface area contributed by atoms with E-state index in [9.17, 15) is 0 Å². The van der Waals surface area contributed by atoms with Gasteiger partial charge in [0.1, 0.15) is 0 Å². The summed E-state index contributed by atoms with van der Waals surface area (Å²) in [4.78, 5) is 9.53. The zero-order chi connectivity index (χ0) is 36.9. The third kappa shape index (κ3) is 5.66. The first-order valence-corrected chi connectivity index (χ1v) is 25.0. The minimum atomic E-state index is 0.196. The Morgan fingerprint density at radius 1 is 0.800 bits per heavy atom. The molecular weight excluding hydrogens is 685 g/mol. The first kappa shape index (κ1) is 36.5. The van der Waals surface area contributed by atoms with E-state index in [1.54, 1.807) is 11.4 Å². The molecule has 4 aliphatic heterocycles. The Hall–Kier alpha value is -1.59. The van der Waals surface area contributed by atoms with E-state index < -0.39 is 0 Å². The number of hydrogen-bond acceptors (Lipinski definition) is 4. The van der Waals surface area contributed by atoms with Crippen molar-refractivity contribution in [1.82, 2.24) is 14.7 Å². The summed E-state index contributed by atoms with van der Waals surface area (Å²) in [7, 11) is 0. The fraction of sp³-hybridized carbons (Fsp3) is 0.760. The van der Waals surface area contributed by atoms with E-state index in [0.717, 1.165) is 47.4 Å². The summed E-state index contributed by atoms with van der Waals surface area (Å²) < 4.78 is 0. The molecule has 3 saturated carbocycles. The molecule has 11 atom stereocenters. The summed E-state index contributed by atoms with van der Waals surface area (Å²) in [6.45, 7) is 9.04. The normalized spacial score (nSPS) is 43.0. The first-order chi connectivity index (χ1) is 26.9. The molecule has 7 fully saturated rings. The fourth-order valence-corrected chi connectivity index (χ4v) is 18.4. The topological polar surface area (TPSA) is 9.72 Å². The molecule has 5 heteroatoms. The zero-order valence-electron chi connectivity index (χ0n) is 34.8. The van der Waals surface area contributed by atoms with Crippen LogP contribution in [0.5, 0.6) is 0 Å². The maximum absolute atomic E-state index is 3.31. The number of nitrogens with zero attached hydrogens (tertiary/aromatic N) is 3. The van der Waals surface area contributed by atoms with Crippen LogP contribution in [0.25, 0.3) is 0 Å². The summed E-state index contributed by atoms with van der Waals surface area (Å²) in [5.41, 5.74) is 5.69. The van der Waals surface area contributed by atoms with Gasteiger partial charge >= 0.3 is 0 Å². The van der Waals surface area contributed by atoms with E-state index in [1.807, 2.05) is 5.70 Å². The van der Waals surface area contributed by atoms with Crippen molar-refractivity contribution in [3.8, 4) is 0 Å². The third-order valence-corrected chi connectivity index (χ3v) is 20.3. The number of fused-ring (bicyclic) bond motifs is 5. The van der Waals surface area contributed by atoms with Gasteiger partial charge in [0.05, 0.1) is 5.37 Å². The van der Waals surface area contributed by atoms with E-state index >= 15 is 0 Å². The van der Waals surface area contributed by atoms with Crippen molar-refractivity contribution in [2.75, 3.05) is 0 Å². The molecule has 0 aromatic carbocycles. The predicted octanol–water partition coefficient (Wildman–Crippen LogP) is 12.7. The van der Waals surface area contributed by atoms with Crippen LogP contribution < -0.4 is 0 Å². The van der Waals surface area contributed by atoms with E-state index in [-0.39, 0.29) is 5.54 Å². The van der Waals surface area contributed by atoms with Crippen LogP contribution in [0.4, 0.5) is 0 Å². The number of thioether (sulfide) groups is 1. The van der Waals surface area contributed by atoms with Crippen molar-refractivity contribution in [1.29, 1.82) is 0 Å². The van der Waals surface area contributed by atoms with Gasteiger partial charge in [-0.2, -0.15) is 0 Å². The smallest absolute Gasteiger partial charge is 0.164 e. The average molecular weight is 758 g/mol. The van der Waals surface area contributed by atoms with Gasteiger partial charge in [-0.25, -0.2) is 0 Å². The van der Waals surface area contributed by atoms with Crippen molar-refractivity contribution in [3.05, 3.63) is 71.8 Å². The van der Waals surface area contributed by atoms with Gasteiger partial charge in [0.15, 0.2) is 6.71 Å². The van der Waals surface area contributed by atoms with E-state index in [0.29, 0.717) is 34.7 Å². The lowest BCUT2D eigenvalue weighted by Gasteiger charge is -2.64. The molecule has 0 aromatic rings. The number of hydrogen-bond donors (Lipinski definition) is 0. The Bertz CT molecular complexity index is 1660. The molecule has 4 heterocycles. The van der Waals surface area contributed by atoms with E-state index in [1.165, 1.54) is 135 Å². The van der Waals surface area contributed by atoms with Crippen LogP contribution in [0.3, 0.4) is 0 Å². The van der Waals surface area contributed by atoms with Crippen LogP contribution in [-0.4, -0.2) is 61.7 Å². The molecule has 11 rings (SSSR count). The molecule has 1 spiro atoms. The SMILES string of the molecule is CC1CC2B3C4CC(C5CC=CCC5)CC5C4N(C4=CC(N(C6=CC=CCC6)C6CCCCC6)=CC(C34)N(C3CC=CCC3)C2S1)C(C)(C)C51CCCCC1. The second-order valence-corrected chi connectivity index (χ2v) is 22.9. The molecule has 4 saturated heterocycles. The maximum atomic E-state index is 3.31. The molecule has 0 bridgehead atoms. The largest absolute Gasteiger partial charge is 0.366 e. The molecule has 3 nitrogen and oxygen atoms in total. The van der Waals surface area contributed by atoms with Crippen molar-refractivity contribution in [2.45, 2.75) is 213 Å². The molecular formula is C50H72BN3S. The van der Waals surface area contributed by atoms with E-state index in [2.05, 4.69) is 102 Å². The second kappa shape index (κ2) is 14.3. The van der Waals surface area contributed by atoms with Gasteiger partial charge in [-0.15, -0.1) is 11.8 Å². The third-order valence-electron chi connectivity index (χ3n) is 18.7. The van der Waals surface area contributed by atoms with Gasteiger partial charge in [-0.05, 0) is 163 Å². The van der Waals surface area contributed by atoms with Crippen molar-refractivity contribution in [2.24, 2.45) is 23.2 Å². The minimum absolute atomic E-state index is 0.196. The van der Waals surface area contributed by atoms with Crippen molar-refractivity contribution < 1.29 is 0 Å². The predicted molar refractivity (Wildman–Crippen MR) is 234 cm³/mol. The first-order valence-electron chi connectivity index (χ1n) is 24.1.